The number of alkyl halides is 3. The number of amides is 2. The van der Waals surface area contributed by atoms with E-state index in [-0.39, 0.29) is 17.9 Å². The highest BCUT2D eigenvalue weighted by atomic mass is 19.4. The second-order valence-electron chi connectivity index (χ2n) is 6.19. The quantitative estimate of drug-likeness (QED) is 0.738. The molecule has 3 heterocycles. The first-order chi connectivity index (χ1) is 11.3. The van der Waals surface area contributed by atoms with Gasteiger partial charge in [0.1, 0.15) is 0 Å². The van der Waals surface area contributed by atoms with Gasteiger partial charge >= 0.3 is 6.18 Å². The number of benzene rings is 1. The molecule has 8 heteroatoms. The maximum absolute atomic E-state index is 13.1. The van der Waals surface area contributed by atoms with E-state index in [4.69, 9.17) is 10.00 Å². The number of nitrogens with zero attached hydrogens (tertiary/aromatic N) is 2. The number of carbonyl (C=O) groups is 2. The number of rotatable bonds is 1. The number of imide groups is 1. The van der Waals surface area contributed by atoms with Gasteiger partial charge in [-0.2, -0.15) is 18.4 Å². The van der Waals surface area contributed by atoms with Crippen LogP contribution in [0.4, 0.5) is 18.9 Å². The summed E-state index contributed by atoms with van der Waals surface area (Å²) in [6.07, 6.45) is -4.05. The second-order valence-corrected chi connectivity index (χ2v) is 6.19. The van der Waals surface area contributed by atoms with Gasteiger partial charge in [-0.25, -0.2) is 4.90 Å². The van der Waals surface area contributed by atoms with Gasteiger partial charge in [0.2, 0.25) is 11.8 Å². The normalized spacial score (nSPS) is 31.5. The highest BCUT2D eigenvalue weighted by Crippen LogP contribution is 2.49. The monoisotopic (exact) mass is 336 g/mol. The summed E-state index contributed by atoms with van der Waals surface area (Å²) in [6, 6.07) is 4.36. The summed E-state index contributed by atoms with van der Waals surface area (Å²) in [5.41, 5.74) is -1.85. The van der Waals surface area contributed by atoms with Gasteiger partial charge in [-0.15, -0.1) is 0 Å². The fourth-order valence-electron chi connectivity index (χ4n) is 3.97. The number of carbonyl (C=O) groups excluding carboxylic acids is 2. The number of halogens is 3. The van der Waals surface area contributed by atoms with Crippen LogP contribution in [0.25, 0.3) is 0 Å². The van der Waals surface area contributed by atoms with E-state index >= 15 is 0 Å². The number of hydrogen-bond acceptors (Lipinski definition) is 4. The van der Waals surface area contributed by atoms with E-state index in [1.165, 1.54) is 12.1 Å². The molecule has 24 heavy (non-hydrogen) atoms. The third-order valence-corrected chi connectivity index (χ3v) is 4.97. The van der Waals surface area contributed by atoms with Crippen LogP contribution in [0.5, 0.6) is 0 Å². The van der Waals surface area contributed by atoms with Crippen LogP contribution in [0, 0.1) is 23.2 Å². The molecule has 3 fully saturated rings. The van der Waals surface area contributed by atoms with E-state index in [2.05, 4.69) is 0 Å². The van der Waals surface area contributed by atoms with Gasteiger partial charge in [0.25, 0.3) is 0 Å². The molecule has 4 rings (SSSR count). The van der Waals surface area contributed by atoms with Crippen molar-refractivity contribution in [2.75, 3.05) is 4.90 Å². The number of hydrogen-bond donors (Lipinski definition) is 0. The van der Waals surface area contributed by atoms with E-state index in [1.54, 1.807) is 0 Å². The summed E-state index contributed by atoms with van der Waals surface area (Å²) >= 11 is 0. The molecule has 0 aromatic heterocycles. The number of nitriles is 1. The largest absolute Gasteiger partial charge is 0.417 e. The van der Waals surface area contributed by atoms with Gasteiger partial charge in [0.15, 0.2) is 0 Å². The Kier molecular flexibility index (Phi) is 3.03. The molecule has 0 radical (unpaired) electrons. The maximum atomic E-state index is 13.1. The van der Waals surface area contributed by atoms with Crippen LogP contribution >= 0.6 is 0 Å². The summed E-state index contributed by atoms with van der Waals surface area (Å²) in [7, 11) is 0. The fourth-order valence-corrected chi connectivity index (χ4v) is 3.97. The maximum Gasteiger partial charge on any atom is 0.417 e. The SMILES string of the molecule is N#Cc1ccc(N2C(=O)[C@@H]3[C@H](C2=O)[C@H]2CC[C@@H]3O2)cc1C(F)(F)F. The Labute approximate surface area is 134 Å². The van der Waals surface area contributed by atoms with Gasteiger partial charge in [-0.1, -0.05) is 0 Å². The van der Waals surface area contributed by atoms with E-state index in [0.717, 1.165) is 11.0 Å². The van der Waals surface area contributed by atoms with Crippen molar-refractivity contribution in [3.8, 4) is 6.07 Å². The molecule has 2 bridgehead atoms. The molecule has 2 amide bonds. The van der Waals surface area contributed by atoms with E-state index in [1.807, 2.05) is 0 Å². The van der Waals surface area contributed by atoms with Crippen molar-refractivity contribution < 1.29 is 27.5 Å². The molecule has 4 atom stereocenters. The Bertz CT molecular complexity index is 771. The van der Waals surface area contributed by atoms with Crippen LogP contribution in [0.15, 0.2) is 18.2 Å². The molecule has 3 aliphatic rings. The van der Waals surface area contributed by atoms with Crippen LogP contribution < -0.4 is 4.90 Å². The van der Waals surface area contributed by atoms with E-state index in [9.17, 15) is 22.8 Å². The van der Waals surface area contributed by atoms with Crippen molar-refractivity contribution in [3.05, 3.63) is 29.3 Å². The van der Waals surface area contributed by atoms with Gasteiger partial charge in [-0.3, -0.25) is 9.59 Å². The van der Waals surface area contributed by atoms with E-state index < -0.39 is 41.0 Å². The lowest BCUT2D eigenvalue weighted by atomic mass is 9.81. The molecule has 0 spiro atoms. The van der Waals surface area contributed by atoms with Crippen LogP contribution in [0.2, 0.25) is 0 Å². The summed E-state index contributed by atoms with van der Waals surface area (Å²) in [5, 5.41) is 8.84. The third kappa shape index (κ3) is 1.91. The topological polar surface area (TPSA) is 70.4 Å². The molecule has 3 aliphatic heterocycles. The van der Waals surface area contributed by atoms with Gasteiger partial charge in [0, 0.05) is 0 Å². The molecule has 0 aliphatic carbocycles. The highest BCUT2D eigenvalue weighted by molar-refractivity contribution is 6.22. The molecular formula is C16H11F3N2O3. The lowest BCUT2D eigenvalue weighted by Gasteiger charge is -2.19. The van der Waals surface area contributed by atoms with Crippen LogP contribution in [0.3, 0.4) is 0 Å². The zero-order valence-corrected chi connectivity index (χ0v) is 12.2. The Morgan fingerprint density at radius 2 is 1.71 bits per heavy atom. The zero-order chi connectivity index (χ0) is 17.2. The van der Waals surface area contributed by atoms with Crippen molar-refractivity contribution in [1.29, 1.82) is 5.26 Å². The third-order valence-electron chi connectivity index (χ3n) is 4.97. The summed E-state index contributed by atoms with van der Waals surface area (Å²) in [5.74, 6) is -2.26. The minimum atomic E-state index is -4.75. The van der Waals surface area contributed by atoms with Crippen molar-refractivity contribution >= 4 is 17.5 Å². The van der Waals surface area contributed by atoms with Gasteiger partial charge < -0.3 is 4.74 Å². The molecule has 0 unspecified atom stereocenters. The summed E-state index contributed by atoms with van der Waals surface area (Å²) < 4.78 is 44.9. The molecule has 124 valence electrons. The molecule has 1 aromatic carbocycles. The molecule has 5 nitrogen and oxygen atoms in total. The molecule has 1 aromatic rings. The van der Waals surface area contributed by atoms with Gasteiger partial charge in [0.05, 0.1) is 46.9 Å². The van der Waals surface area contributed by atoms with E-state index in [0.29, 0.717) is 18.9 Å². The first-order valence-corrected chi connectivity index (χ1v) is 7.47. The minimum Gasteiger partial charge on any atom is -0.373 e. The summed E-state index contributed by atoms with van der Waals surface area (Å²) in [4.78, 5) is 26.0. The number of fused-ring (bicyclic) bond motifs is 5. The average Bonchev–Trinajstić information content (AvgIpc) is 3.20. The summed E-state index contributed by atoms with van der Waals surface area (Å²) in [6.45, 7) is 0. The predicted octanol–water partition coefficient (Wildman–Crippen LogP) is 2.24. The van der Waals surface area contributed by atoms with Crippen LogP contribution in [-0.2, 0) is 20.5 Å². The Morgan fingerprint density at radius 1 is 1.12 bits per heavy atom. The lowest BCUT2D eigenvalue weighted by Crippen LogP contribution is -2.34. The second kappa shape index (κ2) is 4.80. The molecule has 0 saturated carbocycles. The highest BCUT2D eigenvalue weighted by Gasteiger charge is 2.62. The average molecular weight is 336 g/mol. The predicted molar refractivity (Wildman–Crippen MR) is 73.5 cm³/mol. The van der Waals surface area contributed by atoms with Crippen molar-refractivity contribution in [2.24, 2.45) is 11.8 Å². The van der Waals surface area contributed by atoms with Crippen LogP contribution in [-0.4, -0.2) is 24.0 Å². The minimum absolute atomic E-state index is 0.148. The Morgan fingerprint density at radius 3 is 2.21 bits per heavy atom. The smallest absolute Gasteiger partial charge is 0.373 e. The molecule has 3 saturated heterocycles. The number of anilines is 1. The number of ether oxygens (including phenoxy) is 1. The van der Waals surface area contributed by atoms with Crippen molar-refractivity contribution in [2.45, 2.75) is 31.2 Å². The Balaban J connectivity index is 1.76. The standard InChI is InChI=1S/C16H11F3N2O3/c17-16(18,19)9-5-8(2-1-7(9)6-20)21-14(22)12-10-3-4-11(24-10)13(12)15(21)23/h1-2,5,10-13H,3-4H2/t10-,11+,12-,13+. The zero-order valence-electron chi connectivity index (χ0n) is 12.2. The molecular weight excluding hydrogens is 325 g/mol. The van der Waals surface area contributed by atoms with Crippen molar-refractivity contribution in [1.82, 2.24) is 0 Å². The van der Waals surface area contributed by atoms with Crippen molar-refractivity contribution in [3.63, 3.8) is 0 Å². The molecule has 0 N–H and O–H groups in total. The Hall–Kier alpha value is -2.40. The van der Waals surface area contributed by atoms with Crippen LogP contribution in [0.1, 0.15) is 24.0 Å². The first kappa shape index (κ1) is 15.1. The first-order valence-electron chi connectivity index (χ1n) is 7.47. The fraction of sp³-hybridized carbons (Fsp3) is 0.438. The lowest BCUT2D eigenvalue weighted by molar-refractivity contribution is -0.138. The van der Waals surface area contributed by atoms with Gasteiger partial charge in [-0.05, 0) is 31.0 Å².